The third-order valence-electron chi connectivity index (χ3n) is 7.10. The minimum absolute atomic E-state index is 0.0883. The van der Waals surface area contributed by atoms with Crippen molar-refractivity contribution in [3.8, 4) is 0 Å². The van der Waals surface area contributed by atoms with Gasteiger partial charge < -0.3 is 54.6 Å². The first-order valence-corrected chi connectivity index (χ1v) is 15.4. The smallest absolute Gasteiger partial charge is 0.326 e. The molecule has 2 unspecified atom stereocenters. The number of carboxylic acids is 1. The number of aliphatic hydroxyl groups is 1. The van der Waals surface area contributed by atoms with Crippen LogP contribution < -0.4 is 16.0 Å². The van der Waals surface area contributed by atoms with Crippen LogP contribution in [0.1, 0.15) is 25.5 Å². The first-order valence-electron chi connectivity index (χ1n) is 15.4. The number of para-hydroxylation sites is 1. The Morgan fingerprint density at radius 2 is 1.52 bits per heavy atom. The maximum absolute atomic E-state index is 12.6. The van der Waals surface area contributed by atoms with E-state index in [4.69, 9.17) is 24.1 Å². The standard InChI is InChI=1S/C31H49N5O10/c1-23(31(41)42)35(3)29(39)9-12-43-14-16-45-18-19-46-17-15-44-13-10-33-30(40)26(22-37)34-28(38)8-11-36-25(21-32-2)20-24-6-4-5-7-27(24)36/h4-7,20,23,26,32,37H,8-19,21-22H2,1-3H3,(H,33,40)(H,34,38)(H,41,42). The summed E-state index contributed by atoms with van der Waals surface area (Å²) < 4.78 is 23.7. The van der Waals surface area contributed by atoms with E-state index in [0.29, 0.717) is 52.7 Å². The normalized spacial score (nSPS) is 12.5. The molecule has 0 radical (unpaired) electrons. The van der Waals surface area contributed by atoms with Crippen molar-refractivity contribution in [2.75, 3.05) is 80.1 Å². The number of carbonyl (C=O) groups is 4. The Morgan fingerprint density at radius 1 is 0.913 bits per heavy atom. The molecule has 2 atom stereocenters. The third-order valence-corrected chi connectivity index (χ3v) is 7.10. The number of carboxylic acid groups (broad SMARTS) is 1. The highest BCUT2D eigenvalue weighted by molar-refractivity contribution is 5.88. The molecule has 1 heterocycles. The largest absolute Gasteiger partial charge is 0.480 e. The van der Waals surface area contributed by atoms with Crippen molar-refractivity contribution in [2.45, 2.75) is 44.9 Å². The minimum atomic E-state index is -1.06. The van der Waals surface area contributed by atoms with Gasteiger partial charge in [0.1, 0.15) is 12.1 Å². The van der Waals surface area contributed by atoms with Gasteiger partial charge in [0, 0.05) is 44.3 Å². The van der Waals surface area contributed by atoms with Crippen molar-refractivity contribution >= 4 is 34.6 Å². The lowest BCUT2D eigenvalue weighted by Gasteiger charge is -2.21. The van der Waals surface area contributed by atoms with Crippen LogP contribution in [0.5, 0.6) is 0 Å². The molecular formula is C31H49N5O10. The van der Waals surface area contributed by atoms with Gasteiger partial charge in [0.25, 0.3) is 0 Å². The summed E-state index contributed by atoms with van der Waals surface area (Å²) in [5.41, 5.74) is 2.08. The number of nitrogens with zero attached hydrogens (tertiary/aromatic N) is 2. The van der Waals surface area contributed by atoms with Crippen molar-refractivity contribution in [1.82, 2.24) is 25.4 Å². The summed E-state index contributed by atoms with van der Waals surface area (Å²) >= 11 is 0. The molecule has 0 aliphatic carbocycles. The zero-order valence-electron chi connectivity index (χ0n) is 27.0. The maximum atomic E-state index is 12.6. The zero-order chi connectivity index (χ0) is 33.7. The lowest BCUT2D eigenvalue weighted by molar-refractivity contribution is -0.148. The van der Waals surface area contributed by atoms with E-state index in [9.17, 15) is 24.3 Å². The number of hydrogen-bond donors (Lipinski definition) is 5. The molecule has 0 saturated heterocycles. The fraction of sp³-hybridized carbons (Fsp3) is 0.613. The van der Waals surface area contributed by atoms with E-state index in [2.05, 4.69) is 26.6 Å². The number of carbonyl (C=O) groups excluding carboxylic acids is 3. The Bertz CT molecular complexity index is 1220. The van der Waals surface area contributed by atoms with Crippen LogP contribution in [0, 0.1) is 0 Å². The molecule has 0 fully saturated rings. The van der Waals surface area contributed by atoms with Crippen LogP contribution in [0.4, 0.5) is 0 Å². The summed E-state index contributed by atoms with van der Waals surface area (Å²) in [6.07, 6.45) is 0.239. The van der Waals surface area contributed by atoms with Crippen molar-refractivity contribution in [1.29, 1.82) is 0 Å². The summed E-state index contributed by atoms with van der Waals surface area (Å²) in [5, 5.41) is 28.1. The van der Waals surface area contributed by atoms with E-state index in [-0.39, 0.29) is 44.4 Å². The number of benzene rings is 1. The van der Waals surface area contributed by atoms with Gasteiger partial charge in [-0.1, -0.05) is 18.2 Å². The second-order valence-corrected chi connectivity index (χ2v) is 10.4. The number of aromatic nitrogens is 1. The highest BCUT2D eigenvalue weighted by Crippen LogP contribution is 2.20. The molecule has 0 aliphatic heterocycles. The molecule has 1 aromatic carbocycles. The fourth-order valence-electron chi connectivity index (χ4n) is 4.38. The van der Waals surface area contributed by atoms with E-state index in [1.54, 1.807) is 0 Å². The quantitative estimate of drug-likeness (QED) is 0.0889. The monoisotopic (exact) mass is 651 g/mol. The Balaban J connectivity index is 1.47. The first kappa shape index (κ1) is 38.6. The van der Waals surface area contributed by atoms with Gasteiger partial charge in [-0.25, -0.2) is 4.79 Å². The lowest BCUT2D eigenvalue weighted by atomic mass is 10.2. The maximum Gasteiger partial charge on any atom is 0.326 e. The SMILES string of the molecule is CNCc1cc2ccccc2n1CCC(=O)NC(CO)C(=O)NCCOCCOCCOCCOCCC(=O)N(C)C(C)C(=O)O. The van der Waals surface area contributed by atoms with Crippen LogP contribution in [0.15, 0.2) is 30.3 Å². The third kappa shape index (κ3) is 13.8. The van der Waals surface area contributed by atoms with Gasteiger partial charge in [0.2, 0.25) is 17.7 Å². The average molecular weight is 652 g/mol. The van der Waals surface area contributed by atoms with Gasteiger partial charge in [-0.2, -0.15) is 0 Å². The summed E-state index contributed by atoms with van der Waals surface area (Å²) in [6.45, 7) is 4.59. The van der Waals surface area contributed by atoms with Gasteiger partial charge in [0.15, 0.2) is 0 Å². The Hall–Kier alpha value is -3.60. The predicted octanol–water partition coefficient (Wildman–Crippen LogP) is -0.268. The van der Waals surface area contributed by atoms with Crippen LogP contribution >= 0.6 is 0 Å². The van der Waals surface area contributed by atoms with Crippen molar-refractivity contribution in [3.63, 3.8) is 0 Å². The van der Waals surface area contributed by atoms with Gasteiger partial charge in [-0.15, -0.1) is 0 Å². The van der Waals surface area contributed by atoms with Crippen LogP contribution in [0.3, 0.4) is 0 Å². The molecule has 0 aliphatic rings. The average Bonchev–Trinajstić information content (AvgIpc) is 3.40. The molecule has 258 valence electrons. The summed E-state index contributed by atoms with van der Waals surface area (Å²) in [5.74, 6) is -2.20. The number of amides is 3. The van der Waals surface area contributed by atoms with Crippen LogP contribution in [0.25, 0.3) is 10.9 Å². The number of ether oxygens (including phenoxy) is 4. The van der Waals surface area contributed by atoms with E-state index >= 15 is 0 Å². The second-order valence-electron chi connectivity index (χ2n) is 10.4. The molecule has 15 heteroatoms. The minimum Gasteiger partial charge on any atom is -0.480 e. The lowest BCUT2D eigenvalue weighted by Crippen LogP contribution is -2.49. The molecule has 5 N–H and O–H groups in total. The van der Waals surface area contributed by atoms with Gasteiger partial charge in [-0.05, 0) is 31.5 Å². The number of fused-ring (bicyclic) bond motifs is 1. The number of aryl methyl sites for hydroxylation is 1. The number of nitrogens with one attached hydrogen (secondary N) is 3. The van der Waals surface area contributed by atoms with Crippen LogP contribution in [-0.4, -0.2) is 136 Å². The molecule has 0 spiro atoms. The number of rotatable bonds is 25. The van der Waals surface area contributed by atoms with Crippen molar-refractivity contribution in [3.05, 3.63) is 36.0 Å². The number of aliphatic hydroxyl groups excluding tert-OH is 1. The Kier molecular flexibility index (Phi) is 18.5. The number of likely N-dealkylation sites (N-methyl/N-ethyl adjacent to an activating group) is 1. The van der Waals surface area contributed by atoms with E-state index in [1.165, 1.54) is 18.9 Å². The molecule has 2 aromatic rings. The molecule has 0 bridgehead atoms. The highest BCUT2D eigenvalue weighted by Gasteiger charge is 2.21. The Morgan fingerprint density at radius 3 is 2.13 bits per heavy atom. The molecule has 0 saturated carbocycles. The highest BCUT2D eigenvalue weighted by atomic mass is 16.6. The topological polar surface area (TPSA) is 190 Å². The first-order chi connectivity index (χ1) is 22.2. The van der Waals surface area contributed by atoms with Crippen LogP contribution in [-0.2, 0) is 51.2 Å². The summed E-state index contributed by atoms with van der Waals surface area (Å²) in [6, 6.07) is 8.08. The van der Waals surface area contributed by atoms with Gasteiger partial charge in [-0.3, -0.25) is 14.4 Å². The van der Waals surface area contributed by atoms with E-state index < -0.39 is 30.6 Å². The number of aliphatic carboxylic acids is 1. The molecule has 3 amide bonds. The van der Waals surface area contributed by atoms with E-state index in [0.717, 1.165) is 16.6 Å². The van der Waals surface area contributed by atoms with Crippen molar-refractivity contribution in [2.24, 2.45) is 0 Å². The van der Waals surface area contributed by atoms with Crippen LogP contribution in [0.2, 0.25) is 0 Å². The molecule has 15 nitrogen and oxygen atoms in total. The molecule has 46 heavy (non-hydrogen) atoms. The molecular weight excluding hydrogens is 602 g/mol. The van der Waals surface area contributed by atoms with Crippen molar-refractivity contribution < 1.29 is 48.3 Å². The zero-order valence-corrected chi connectivity index (χ0v) is 27.0. The number of hydrogen-bond acceptors (Lipinski definition) is 10. The summed E-state index contributed by atoms with van der Waals surface area (Å²) in [4.78, 5) is 49.0. The Labute approximate surface area is 269 Å². The predicted molar refractivity (Wildman–Crippen MR) is 169 cm³/mol. The molecule has 2 rings (SSSR count). The summed E-state index contributed by atoms with van der Waals surface area (Å²) in [7, 11) is 3.31. The van der Waals surface area contributed by atoms with Gasteiger partial charge in [0.05, 0.1) is 65.9 Å². The molecule has 1 aromatic heterocycles. The fourth-order valence-corrected chi connectivity index (χ4v) is 4.38. The van der Waals surface area contributed by atoms with Gasteiger partial charge >= 0.3 is 5.97 Å². The van der Waals surface area contributed by atoms with E-state index in [1.807, 2.05) is 31.3 Å². The second kappa shape index (κ2) is 22.0.